The first-order chi connectivity index (χ1) is 12.8. The molecule has 0 saturated carbocycles. The number of quaternary nitrogens is 1. The quantitative estimate of drug-likeness (QED) is 0.873. The van der Waals surface area contributed by atoms with Gasteiger partial charge in [-0.05, 0) is 18.9 Å². The van der Waals surface area contributed by atoms with Gasteiger partial charge in [-0.2, -0.15) is 0 Å². The Morgan fingerprint density at radius 2 is 1.58 bits per heavy atom. The van der Waals surface area contributed by atoms with Crippen LogP contribution >= 0.6 is 0 Å². The summed E-state index contributed by atoms with van der Waals surface area (Å²) >= 11 is 0. The van der Waals surface area contributed by atoms with Gasteiger partial charge in [0.1, 0.15) is 0 Å². The van der Waals surface area contributed by atoms with E-state index in [0.717, 1.165) is 63.6 Å². The largest absolute Gasteiger partial charge is 0.337 e. The molecule has 1 N–H and O–H groups in total. The smallest absolute Gasteiger partial charge is 0.285 e. The molecule has 1 aromatic carbocycles. The number of rotatable bonds is 4. The van der Waals surface area contributed by atoms with Crippen LogP contribution in [0.1, 0.15) is 24.4 Å². The number of anilines is 1. The lowest BCUT2D eigenvalue weighted by Crippen LogP contribution is -3.16. The molecule has 0 spiro atoms. The third-order valence-electron chi connectivity index (χ3n) is 5.45. The second kappa shape index (κ2) is 7.83. The number of piperazine rings is 1. The maximum atomic E-state index is 13.3. The number of amides is 1. The summed E-state index contributed by atoms with van der Waals surface area (Å²) in [5.41, 5.74) is 1.13. The number of nitrogens with zero attached hydrogens (tertiary/aromatic N) is 4. The molecule has 2 fully saturated rings. The highest BCUT2D eigenvalue weighted by atomic mass is 16.2. The van der Waals surface area contributed by atoms with Gasteiger partial charge in [0.15, 0.2) is 6.04 Å². The van der Waals surface area contributed by atoms with E-state index in [1.807, 2.05) is 24.3 Å². The highest BCUT2D eigenvalue weighted by Gasteiger charge is 2.37. The number of hydrogen-bond acceptors (Lipinski definition) is 4. The Labute approximate surface area is 154 Å². The van der Waals surface area contributed by atoms with Crippen molar-refractivity contribution in [3.8, 4) is 0 Å². The molecule has 4 rings (SSSR count). The van der Waals surface area contributed by atoms with Gasteiger partial charge in [0.2, 0.25) is 5.95 Å². The van der Waals surface area contributed by atoms with E-state index in [1.165, 1.54) is 4.90 Å². The van der Waals surface area contributed by atoms with E-state index in [2.05, 4.69) is 31.9 Å². The summed E-state index contributed by atoms with van der Waals surface area (Å²) in [7, 11) is 0. The fourth-order valence-corrected chi connectivity index (χ4v) is 4.06. The van der Waals surface area contributed by atoms with Crippen LogP contribution in [0.5, 0.6) is 0 Å². The summed E-state index contributed by atoms with van der Waals surface area (Å²) in [5, 5.41) is 0. The van der Waals surface area contributed by atoms with Crippen molar-refractivity contribution in [2.75, 3.05) is 44.2 Å². The minimum Gasteiger partial charge on any atom is -0.337 e. The SMILES string of the molecule is O=C([C@@H](c1ccccc1)[NH+]1CCN(c2ncccn2)CC1)N1CCCC1. The highest BCUT2D eigenvalue weighted by molar-refractivity contribution is 5.82. The van der Waals surface area contributed by atoms with Crippen LogP contribution in [0.3, 0.4) is 0 Å². The van der Waals surface area contributed by atoms with E-state index < -0.39 is 0 Å². The molecule has 1 atom stereocenters. The number of carbonyl (C=O) groups excluding carboxylic acids is 1. The van der Waals surface area contributed by atoms with E-state index in [9.17, 15) is 4.79 Å². The van der Waals surface area contributed by atoms with E-state index in [4.69, 9.17) is 0 Å². The topological polar surface area (TPSA) is 53.8 Å². The van der Waals surface area contributed by atoms with Crippen molar-refractivity contribution in [1.82, 2.24) is 14.9 Å². The summed E-state index contributed by atoms with van der Waals surface area (Å²) in [6.07, 6.45) is 5.82. The van der Waals surface area contributed by atoms with Gasteiger partial charge in [-0.3, -0.25) is 4.79 Å². The fourth-order valence-electron chi connectivity index (χ4n) is 4.06. The fraction of sp³-hybridized carbons (Fsp3) is 0.450. The van der Waals surface area contributed by atoms with Crippen LogP contribution in [-0.4, -0.2) is 60.0 Å². The number of nitrogens with one attached hydrogen (secondary N) is 1. The molecule has 0 radical (unpaired) electrons. The van der Waals surface area contributed by atoms with Crippen molar-refractivity contribution in [3.05, 3.63) is 54.4 Å². The second-order valence-corrected chi connectivity index (χ2v) is 7.07. The van der Waals surface area contributed by atoms with Gasteiger partial charge < -0.3 is 14.7 Å². The molecule has 6 heteroatoms. The van der Waals surface area contributed by atoms with Crippen LogP contribution in [-0.2, 0) is 4.79 Å². The third kappa shape index (κ3) is 3.55. The van der Waals surface area contributed by atoms with E-state index in [0.29, 0.717) is 0 Å². The van der Waals surface area contributed by atoms with Gasteiger partial charge in [0, 0.05) is 31.0 Å². The van der Waals surface area contributed by atoms with Crippen LogP contribution in [0.4, 0.5) is 5.95 Å². The van der Waals surface area contributed by atoms with Gasteiger partial charge in [-0.25, -0.2) is 9.97 Å². The molecule has 2 saturated heterocycles. The molecule has 1 aromatic heterocycles. The maximum Gasteiger partial charge on any atom is 0.285 e. The zero-order valence-electron chi connectivity index (χ0n) is 15.1. The maximum absolute atomic E-state index is 13.3. The summed E-state index contributed by atoms with van der Waals surface area (Å²) in [4.78, 5) is 27.6. The van der Waals surface area contributed by atoms with Crippen LogP contribution in [0.2, 0.25) is 0 Å². The second-order valence-electron chi connectivity index (χ2n) is 7.07. The molecule has 136 valence electrons. The first-order valence-corrected chi connectivity index (χ1v) is 9.53. The minimum absolute atomic E-state index is 0.104. The summed E-state index contributed by atoms with van der Waals surface area (Å²) in [6.45, 7) is 5.37. The molecular weight excluding hydrogens is 326 g/mol. The molecule has 3 heterocycles. The molecule has 6 nitrogen and oxygen atoms in total. The number of aromatic nitrogens is 2. The number of carbonyl (C=O) groups is 1. The lowest BCUT2D eigenvalue weighted by molar-refractivity contribution is -0.923. The Morgan fingerprint density at radius 1 is 0.923 bits per heavy atom. The van der Waals surface area contributed by atoms with Crippen molar-refractivity contribution < 1.29 is 9.69 Å². The van der Waals surface area contributed by atoms with E-state index in [1.54, 1.807) is 12.4 Å². The minimum atomic E-state index is -0.104. The highest BCUT2D eigenvalue weighted by Crippen LogP contribution is 2.18. The Kier molecular flexibility index (Phi) is 5.11. The third-order valence-corrected chi connectivity index (χ3v) is 5.45. The standard InChI is InChI=1S/C20H25N5O/c26-19(24-11-4-5-12-24)18(17-7-2-1-3-8-17)23-13-15-25(16-14-23)20-21-9-6-10-22-20/h1-3,6-10,18H,4-5,11-16H2/p+1/t18-/m1/s1. The summed E-state index contributed by atoms with van der Waals surface area (Å²) < 4.78 is 0. The Morgan fingerprint density at radius 3 is 2.23 bits per heavy atom. The molecule has 0 unspecified atom stereocenters. The van der Waals surface area contributed by atoms with Gasteiger partial charge in [0.05, 0.1) is 26.2 Å². The van der Waals surface area contributed by atoms with Crippen molar-refractivity contribution >= 4 is 11.9 Å². The van der Waals surface area contributed by atoms with Crippen molar-refractivity contribution in [3.63, 3.8) is 0 Å². The van der Waals surface area contributed by atoms with Gasteiger partial charge in [0.25, 0.3) is 5.91 Å². The lowest BCUT2D eigenvalue weighted by atomic mass is 10.0. The number of benzene rings is 1. The van der Waals surface area contributed by atoms with Crippen LogP contribution in [0, 0.1) is 0 Å². The Bertz CT molecular complexity index is 709. The van der Waals surface area contributed by atoms with Crippen molar-refractivity contribution in [1.29, 1.82) is 0 Å². The molecule has 1 amide bonds. The average molecular weight is 352 g/mol. The molecule has 2 aliphatic heterocycles. The molecular formula is C20H26N5O+. The number of likely N-dealkylation sites (tertiary alicyclic amines) is 1. The zero-order valence-corrected chi connectivity index (χ0v) is 15.1. The van der Waals surface area contributed by atoms with Gasteiger partial charge >= 0.3 is 0 Å². The van der Waals surface area contributed by atoms with E-state index in [-0.39, 0.29) is 11.9 Å². The summed E-state index contributed by atoms with van der Waals surface area (Å²) in [6, 6.07) is 12.0. The monoisotopic (exact) mass is 352 g/mol. The normalized spacial score (nSPS) is 19.5. The molecule has 2 aliphatic rings. The predicted molar refractivity (Wildman–Crippen MR) is 99.9 cm³/mol. The van der Waals surface area contributed by atoms with Crippen molar-refractivity contribution in [2.24, 2.45) is 0 Å². The molecule has 0 bridgehead atoms. The van der Waals surface area contributed by atoms with Crippen LogP contribution in [0.15, 0.2) is 48.8 Å². The molecule has 2 aromatic rings. The zero-order chi connectivity index (χ0) is 17.8. The Hall–Kier alpha value is -2.47. The van der Waals surface area contributed by atoms with Crippen LogP contribution in [0.25, 0.3) is 0 Å². The Balaban J connectivity index is 1.51. The average Bonchev–Trinajstić information content (AvgIpc) is 3.25. The first kappa shape index (κ1) is 17.0. The van der Waals surface area contributed by atoms with Gasteiger partial charge in [-0.15, -0.1) is 0 Å². The van der Waals surface area contributed by atoms with Gasteiger partial charge in [-0.1, -0.05) is 30.3 Å². The van der Waals surface area contributed by atoms with Crippen molar-refractivity contribution in [2.45, 2.75) is 18.9 Å². The van der Waals surface area contributed by atoms with E-state index >= 15 is 0 Å². The summed E-state index contributed by atoms with van der Waals surface area (Å²) in [5.74, 6) is 1.07. The first-order valence-electron chi connectivity index (χ1n) is 9.53. The van der Waals surface area contributed by atoms with Crippen LogP contribution < -0.4 is 9.80 Å². The predicted octanol–water partition coefficient (Wildman–Crippen LogP) is 0.545. The number of hydrogen-bond donors (Lipinski definition) is 1. The lowest BCUT2D eigenvalue weighted by Gasteiger charge is -2.37. The molecule has 26 heavy (non-hydrogen) atoms. The molecule has 0 aliphatic carbocycles.